The lowest BCUT2D eigenvalue weighted by atomic mass is 10.1. The van der Waals surface area contributed by atoms with Crippen LogP contribution in [0.3, 0.4) is 0 Å². The lowest BCUT2D eigenvalue weighted by Gasteiger charge is -2.04. The zero-order valence-corrected chi connectivity index (χ0v) is 10.0. The molecule has 0 aliphatic rings. The molecule has 0 unspecified atom stereocenters. The summed E-state index contributed by atoms with van der Waals surface area (Å²) in [5.74, 6) is 0.275. The van der Waals surface area contributed by atoms with Gasteiger partial charge in [-0.3, -0.25) is 0 Å². The average molecular weight is 252 g/mol. The van der Waals surface area contributed by atoms with Crippen molar-refractivity contribution in [2.45, 2.75) is 6.92 Å². The third-order valence-corrected chi connectivity index (χ3v) is 2.53. The largest absolute Gasteiger partial charge is 0.369 e. The molecule has 88 valence electrons. The molecule has 2 aromatic rings. The molecule has 0 fully saturated rings. The van der Waals surface area contributed by atoms with E-state index in [-0.39, 0.29) is 5.02 Å². The van der Waals surface area contributed by atoms with E-state index < -0.39 is 5.82 Å². The molecule has 1 aromatic heterocycles. The van der Waals surface area contributed by atoms with Gasteiger partial charge in [-0.15, -0.1) is 10.2 Å². The smallest absolute Gasteiger partial charge is 0.148 e. The van der Waals surface area contributed by atoms with Crippen LogP contribution in [0.5, 0.6) is 0 Å². The summed E-state index contributed by atoms with van der Waals surface area (Å²) < 4.78 is 13.0. The summed E-state index contributed by atoms with van der Waals surface area (Å²) in [6.07, 6.45) is 0. The number of rotatable bonds is 3. The molecule has 0 spiro atoms. The van der Waals surface area contributed by atoms with E-state index in [9.17, 15) is 4.39 Å². The van der Waals surface area contributed by atoms with Crippen LogP contribution in [0.25, 0.3) is 11.3 Å². The second-order valence-electron chi connectivity index (χ2n) is 3.46. The van der Waals surface area contributed by atoms with Gasteiger partial charge in [0.15, 0.2) is 0 Å². The Balaban J connectivity index is 2.30. The van der Waals surface area contributed by atoms with Gasteiger partial charge in [-0.1, -0.05) is 11.6 Å². The summed E-state index contributed by atoms with van der Waals surface area (Å²) >= 11 is 5.71. The van der Waals surface area contributed by atoms with E-state index in [1.807, 2.05) is 19.1 Å². The summed E-state index contributed by atoms with van der Waals surface area (Å²) in [6.45, 7) is 2.77. The second kappa shape index (κ2) is 5.10. The van der Waals surface area contributed by atoms with E-state index >= 15 is 0 Å². The number of benzene rings is 1. The topological polar surface area (TPSA) is 37.8 Å². The van der Waals surface area contributed by atoms with Crippen LogP contribution >= 0.6 is 11.6 Å². The van der Waals surface area contributed by atoms with Gasteiger partial charge in [-0.2, -0.15) is 0 Å². The normalized spacial score (nSPS) is 10.3. The number of anilines is 1. The fraction of sp³-hybridized carbons (Fsp3) is 0.167. The van der Waals surface area contributed by atoms with E-state index in [0.29, 0.717) is 11.5 Å². The van der Waals surface area contributed by atoms with Crippen molar-refractivity contribution in [1.29, 1.82) is 0 Å². The Labute approximate surface area is 104 Å². The van der Waals surface area contributed by atoms with Gasteiger partial charge in [0.25, 0.3) is 0 Å². The van der Waals surface area contributed by atoms with Crippen LogP contribution in [0, 0.1) is 5.82 Å². The highest BCUT2D eigenvalue weighted by Gasteiger charge is 2.04. The van der Waals surface area contributed by atoms with Gasteiger partial charge in [0, 0.05) is 12.1 Å². The lowest BCUT2D eigenvalue weighted by Crippen LogP contribution is -2.00. The van der Waals surface area contributed by atoms with Gasteiger partial charge in [0.05, 0.1) is 10.7 Å². The molecule has 3 nitrogen and oxygen atoms in total. The molecule has 2 rings (SSSR count). The van der Waals surface area contributed by atoms with Crippen molar-refractivity contribution in [2.24, 2.45) is 0 Å². The molecular weight excluding hydrogens is 241 g/mol. The maximum absolute atomic E-state index is 13.0. The van der Waals surface area contributed by atoms with Gasteiger partial charge in [-0.25, -0.2) is 4.39 Å². The maximum Gasteiger partial charge on any atom is 0.148 e. The van der Waals surface area contributed by atoms with E-state index in [1.54, 1.807) is 6.07 Å². The number of nitrogens with zero attached hydrogens (tertiary/aromatic N) is 2. The predicted molar refractivity (Wildman–Crippen MR) is 66.6 cm³/mol. The molecule has 0 atom stereocenters. The number of halogens is 2. The fourth-order valence-electron chi connectivity index (χ4n) is 1.42. The molecular formula is C12H11ClFN3. The minimum atomic E-state index is -0.437. The van der Waals surface area contributed by atoms with Crippen LogP contribution in [-0.2, 0) is 0 Å². The molecule has 1 heterocycles. The number of hydrogen-bond acceptors (Lipinski definition) is 3. The van der Waals surface area contributed by atoms with Crippen molar-refractivity contribution in [2.75, 3.05) is 11.9 Å². The van der Waals surface area contributed by atoms with Gasteiger partial charge in [0.2, 0.25) is 0 Å². The first-order valence-electron chi connectivity index (χ1n) is 5.23. The highest BCUT2D eigenvalue weighted by atomic mass is 35.5. The molecule has 1 N–H and O–H groups in total. The van der Waals surface area contributed by atoms with Crippen LogP contribution in [-0.4, -0.2) is 16.7 Å². The first-order chi connectivity index (χ1) is 8.20. The highest BCUT2D eigenvalue weighted by molar-refractivity contribution is 6.31. The molecule has 0 aliphatic carbocycles. The SMILES string of the molecule is CCNc1ccc(-c2ccc(F)c(Cl)c2)nn1. The van der Waals surface area contributed by atoms with E-state index in [4.69, 9.17) is 11.6 Å². The van der Waals surface area contributed by atoms with Crippen molar-refractivity contribution >= 4 is 17.4 Å². The van der Waals surface area contributed by atoms with Crippen molar-refractivity contribution < 1.29 is 4.39 Å². The van der Waals surface area contributed by atoms with Gasteiger partial charge < -0.3 is 5.32 Å². The summed E-state index contributed by atoms with van der Waals surface area (Å²) in [7, 11) is 0. The van der Waals surface area contributed by atoms with Gasteiger partial charge in [0.1, 0.15) is 11.6 Å². The zero-order chi connectivity index (χ0) is 12.3. The average Bonchev–Trinajstić information content (AvgIpc) is 2.34. The van der Waals surface area contributed by atoms with Gasteiger partial charge >= 0.3 is 0 Å². The van der Waals surface area contributed by atoms with Crippen LogP contribution < -0.4 is 5.32 Å². The summed E-state index contributed by atoms with van der Waals surface area (Å²) in [5.41, 5.74) is 1.40. The molecule has 0 radical (unpaired) electrons. The molecule has 0 amide bonds. The van der Waals surface area contributed by atoms with E-state index in [0.717, 1.165) is 12.1 Å². The maximum atomic E-state index is 13.0. The molecule has 1 aromatic carbocycles. The Morgan fingerprint density at radius 3 is 2.65 bits per heavy atom. The monoisotopic (exact) mass is 251 g/mol. The molecule has 0 saturated carbocycles. The highest BCUT2D eigenvalue weighted by Crippen LogP contribution is 2.23. The first kappa shape index (κ1) is 11.8. The van der Waals surface area contributed by atoms with Crippen molar-refractivity contribution in [3.63, 3.8) is 0 Å². The second-order valence-corrected chi connectivity index (χ2v) is 3.87. The Morgan fingerprint density at radius 1 is 1.24 bits per heavy atom. The van der Waals surface area contributed by atoms with E-state index in [1.165, 1.54) is 12.1 Å². The first-order valence-corrected chi connectivity index (χ1v) is 5.61. The quantitative estimate of drug-likeness (QED) is 0.909. The lowest BCUT2D eigenvalue weighted by molar-refractivity contribution is 0.628. The minimum Gasteiger partial charge on any atom is -0.369 e. The standard InChI is InChI=1S/C12H11ClFN3/c1-2-15-12-6-5-11(16-17-12)8-3-4-10(14)9(13)7-8/h3-7H,2H2,1H3,(H,15,17). The Bertz CT molecular complexity index is 514. The minimum absolute atomic E-state index is 0.0834. The molecule has 0 bridgehead atoms. The third kappa shape index (κ3) is 2.71. The van der Waals surface area contributed by atoms with Crippen LogP contribution in [0.2, 0.25) is 5.02 Å². The van der Waals surface area contributed by atoms with Crippen LogP contribution in [0.1, 0.15) is 6.92 Å². The van der Waals surface area contributed by atoms with Crippen molar-refractivity contribution in [3.05, 3.63) is 41.2 Å². The van der Waals surface area contributed by atoms with Crippen molar-refractivity contribution in [3.8, 4) is 11.3 Å². The Kier molecular flexibility index (Phi) is 3.54. The summed E-state index contributed by atoms with van der Waals surface area (Å²) in [5, 5.41) is 11.2. The molecule has 17 heavy (non-hydrogen) atoms. The number of hydrogen-bond donors (Lipinski definition) is 1. The van der Waals surface area contributed by atoms with E-state index in [2.05, 4.69) is 15.5 Å². The summed E-state index contributed by atoms with van der Waals surface area (Å²) in [4.78, 5) is 0. The van der Waals surface area contributed by atoms with Crippen LogP contribution in [0.15, 0.2) is 30.3 Å². The molecule has 0 saturated heterocycles. The Hall–Kier alpha value is -1.68. The zero-order valence-electron chi connectivity index (χ0n) is 9.24. The molecule has 5 heteroatoms. The third-order valence-electron chi connectivity index (χ3n) is 2.24. The molecule has 0 aliphatic heterocycles. The van der Waals surface area contributed by atoms with Gasteiger partial charge in [-0.05, 0) is 37.3 Å². The van der Waals surface area contributed by atoms with Crippen LogP contribution in [0.4, 0.5) is 10.2 Å². The Morgan fingerprint density at radius 2 is 2.06 bits per heavy atom. The predicted octanol–water partition coefficient (Wildman–Crippen LogP) is 3.37. The summed E-state index contributed by atoms with van der Waals surface area (Å²) in [6, 6.07) is 8.11. The number of aromatic nitrogens is 2. The number of nitrogens with one attached hydrogen (secondary N) is 1. The fourth-order valence-corrected chi connectivity index (χ4v) is 1.60. The van der Waals surface area contributed by atoms with Crippen molar-refractivity contribution in [1.82, 2.24) is 10.2 Å².